The number of thiazole rings is 1. The van der Waals surface area contributed by atoms with Crippen LogP contribution in [0.25, 0.3) is 10.2 Å². The van der Waals surface area contributed by atoms with Gasteiger partial charge in [0.05, 0.1) is 35.3 Å². The molecule has 3 rings (SSSR count). The number of ether oxygens (including phenoxy) is 1. The molecule has 3 aromatic rings. The number of nitrogens with one attached hydrogen (secondary N) is 1. The maximum Gasteiger partial charge on any atom is 0.418 e. The Morgan fingerprint density at radius 1 is 1.36 bits per heavy atom. The van der Waals surface area contributed by atoms with Crippen molar-refractivity contribution in [3.8, 4) is 0 Å². The van der Waals surface area contributed by atoms with E-state index in [0.717, 1.165) is 17.4 Å². The Labute approximate surface area is 161 Å². The van der Waals surface area contributed by atoms with Gasteiger partial charge in [0.25, 0.3) is 5.91 Å². The SMILES string of the molecule is CCOC(=O)C(Cn1ccnc1)NC(=O)c1nc2c(C(F)(F)F)cccc2s1. The Morgan fingerprint density at radius 3 is 2.79 bits per heavy atom. The summed E-state index contributed by atoms with van der Waals surface area (Å²) in [5.74, 6) is -1.42. The third-order valence-electron chi connectivity index (χ3n) is 3.75. The number of alkyl halides is 3. The Kier molecular flexibility index (Phi) is 5.63. The molecule has 0 radical (unpaired) electrons. The third-order valence-corrected chi connectivity index (χ3v) is 4.77. The van der Waals surface area contributed by atoms with Gasteiger partial charge in [-0.05, 0) is 19.1 Å². The van der Waals surface area contributed by atoms with Crippen LogP contribution < -0.4 is 5.32 Å². The first kappa shape index (κ1) is 19.8. The number of para-hydroxylation sites is 1. The number of benzene rings is 1. The molecule has 0 aliphatic carbocycles. The number of aromatic nitrogens is 3. The van der Waals surface area contributed by atoms with Crippen LogP contribution in [-0.4, -0.2) is 39.1 Å². The lowest BCUT2D eigenvalue weighted by atomic mass is 10.2. The minimum atomic E-state index is -4.59. The van der Waals surface area contributed by atoms with Crippen molar-refractivity contribution in [1.29, 1.82) is 0 Å². The molecule has 0 aliphatic rings. The van der Waals surface area contributed by atoms with Gasteiger partial charge in [-0.25, -0.2) is 14.8 Å². The van der Waals surface area contributed by atoms with Crippen LogP contribution in [0.1, 0.15) is 22.3 Å². The molecule has 1 N–H and O–H groups in total. The van der Waals surface area contributed by atoms with Gasteiger partial charge in [-0.15, -0.1) is 11.3 Å². The highest BCUT2D eigenvalue weighted by Crippen LogP contribution is 2.36. The molecule has 7 nitrogen and oxygen atoms in total. The van der Waals surface area contributed by atoms with Gasteiger partial charge in [0.1, 0.15) is 6.04 Å². The predicted octanol–water partition coefficient (Wildman–Crippen LogP) is 2.87. The molecule has 0 saturated heterocycles. The summed E-state index contributed by atoms with van der Waals surface area (Å²) in [6.07, 6.45) is -0.0101. The molecule has 0 saturated carbocycles. The Morgan fingerprint density at radius 2 is 2.14 bits per heavy atom. The van der Waals surface area contributed by atoms with Crippen LogP contribution in [0.15, 0.2) is 36.9 Å². The van der Waals surface area contributed by atoms with Crippen LogP contribution in [0.2, 0.25) is 0 Å². The average molecular weight is 412 g/mol. The van der Waals surface area contributed by atoms with Gasteiger partial charge in [0.2, 0.25) is 0 Å². The minimum absolute atomic E-state index is 0.0588. The van der Waals surface area contributed by atoms with Gasteiger partial charge >= 0.3 is 12.1 Å². The number of hydrogen-bond acceptors (Lipinski definition) is 6. The van der Waals surface area contributed by atoms with E-state index in [1.807, 2.05) is 0 Å². The highest BCUT2D eigenvalue weighted by atomic mass is 32.1. The highest BCUT2D eigenvalue weighted by Gasteiger charge is 2.34. The summed E-state index contributed by atoms with van der Waals surface area (Å²) in [6.45, 7) is 1.80. The molecular formula is C17H15F3N4O3S. The van der Waals surface area contributed by atoms with Crippen LogP contribution in [-0.2, 0) is 22.3 Å². The van der Waals surface area contributed by atoms with E-state index in [4.69, 9.17) is 4.74 Å². The second-order valence-corrected chi connectivity index (χ2v) is 6.74. The van der Waals surface area contributed by atoms with Gasteiger partial charge < -0.3 is 14.6 Å². The fourth-order valence-corrected chi connectivity index (χ4v) is 3.42. The number of esters is 1. The van der Waals surface area contributed by atoms with Crippen LogP contribution in [0.5, 0.6) is 0 Å². The standard InChI is InChI=1S/C17H15F3N4O3S/c1-2-27-16(26)11(8-24-7-6-21-9-24)22-14(25)15-23-13-10(17(18,19)20)4-3-5-12(13)28-15/h3-7,9,11H,2,8H2,1H3,(H,22,25). The highest BCUT2D eigenvalue weighted by molar-refractivity contribution is 7.20. The van der Waals surface area contributed by atoms with Gasteiger partial charge in [0, 0.05) is 12.4 Å². The molecule has 28 heavy (non-hydrogen) atoms. The first-order valence-corrected chi connectivity index (χ1v) is 9.01. The molecule has 1 atom stereocenters. The summed E-state index contributed by atoms with van der Waals surface area (Å²) in [7, 11) is 0. The summed E-state index contributed by atoms with van der Waals surface area (Å²) < 4.78 is 46.2. The van der Waals surface area contributed by atoms with Gasteiger partial charge in [-0.2, -0.15) is 13.2 Å². The van der Waals surface area contributed by atoms with E-state index in [1.165, 1.54) is 24.7 Å². The summed E-state index contributed by atoms with van der Waals surface area (Å²) in [6, 6.07) is 2.57. The summed E-state index contributed by atoms with van der Waals surface area (Å²) in [5.41, 5.74) is -1.21. The molecule has 2 aromatic heterocycles. The number of carbonyl (C=O) groups excluding carboxylic acids is 2. The number of carbonyl (C=O) groups is 2. The zero-order valence-corrected chi connectivity index (χ0v) is 15.4. The second kappa shape index (κ2) is 7.97. The van der Waals surface area contributed by atoms with Crippen molar-refractivity contribution in [2.24, 2.45) is 0 Å². The van der Waals surface area contributed by atoms with E-state index in [0.29, 0.717) is 0 Å². The van der Waals surface area contributed by atoms with Gasteiger partial charge in [0.15, 0.2) is 5.01 Å². The van der Waals surface area contributed by atoms with E-state index < -0.39 is 29.7 Å². The summed E-state index contributed by atoms with van der Waals surface area (Å²) >= 11 is 0.816. The molecule has 11 heteroatoms. The zero-order valence-electron chi connectivity index (χ0n) is 14.6. The van der Waals surface area contributed by atoms with Crippen molar-refractivity contribution in [2.45, 2.75) is 25.7 Å². The normalized spacial score (nSPS) is 12.7. The molecule has 1 amide bonds. The first-order chi connectivity index (χ1) is 13.3. The molecule has 1 aromatic carbocycles. The molecule has 0 aliphatic heterocycles. The lowest BCUT2D eigenvalue weighted by Gasteiger charge is -2.17. The van der Waals surface area contributed by atoms with Crippen molar-refractivity contribution in [3.63, 3.8) is 0 Å². The van der Waals surface area contributed by atoms with Crippen molar-refractivity contribution < 1.29 is 27.5 Å². The maximum absolute atomic E-state index is 13.1. The fourth-order valence-electron chi connectivity index (χ4n) is 2.52. The number of imidazole rings is 1. The van der Waals surface area contributed by atoms with Gasteiger partial charge in [-0.3, -0.25) is 4.79 Å². The number of fused-ring (bicyclic) bond motifs is 1. The smallest absolute Gasteiger partial charge is 0.418 e. The molecule has 2 heterocycles. The van der Waals surface area contributed by atoms with Crippen LogP contribution in [0, 0.1) is 0 Å². The lowest BCUT2D eigenvalue weighted by Crippen LogP contribution is -2.44. The largest absolute Gasteiger partial charge is 0.464 e. The maximum atomic E-state index is 13.1. The first-order valence-electron chi connectivity index (χ1n) is 8.19. The lowest BCUT2D eigenvalue weighted by molar-refractivity contribution is -0.145. The van der Waals surface area contributed by atoms with E-state index >= 15 is 0 Å². The molecule has 0 spiro atoms. The summed E-state index contributed by atoms with van der Waals surface area (Å²) in [5, 5.41) is 2.31. The second-order valence-electron chi connectivity index (χ2n) is 5.71. The molecule has 1 unspecified atom stereocenters. The Balaban J connectivity index is 1.86. The minimum Gasteiger partial charge on any atom is -0.464 e. The number of nitrogens with zero attached hydrogens (tertiary/aromatic N) is 3. The van der Waals surface area contributed by atoms with E-state index in [-0.39, 0.29) is 28.4 Å². The average Bonchev–Trinajstić information content (AvgIpc) is 3.29. The van der Waals surface area contributed by atoms with Crippen molar-refractivity contribution >= 4 is 33.4 Å². The molecular weight excluding hydrogens is 397 g/mol. The van der Waals surface area contributed by atoms with Crippen LogP contribution >= 0.6 is 11.3 Å². The van der Waals surface area contributed by atoms with Crippen LogP contribution in [0.3, 0.4) is 0 Å². The monoisotopic (exact) mass is 412 g/mol. The van der Waals surface area contributed by atoms with E-state index in [9.17, 15) is 22.8 Å². The predicted molar refractivity (Wildman–Crippen MR) is 94.7 cm³/mol. The Hall–Kier alpha value is -2.95. The van der Waals surface area contributed by atoms with E-state index in [2.05, 4.69) is 15.3 Å². The molecule has 0 bridgehead atoms. The number of halogens is 3. The topological polar surface area (TPSA) is 86.1 Å². The quantitative estimate of drug-likeness (QED) is 0.630. The Bertz CT molecular complexity index is 985. The fraction of sp³-hybridized carbons (Fsp3) is 0.294. The van der Waals surface area contributed by atoms with Crippen molar-refractivity contribution in [2.75, 3.05) is 6.61 Å². The van der Waals surface area contributed by atoms with Crippen molar-refractivity contribution in [3.05, 3.63) is 47.5 Å². The number of amides is 1. The third kappa shape index (κ3) is 4.30. The molecule has 148 valence electrons. The van der Waals surface area contributed by atoms with Gasteiger partial charge in [-0.1, -0.05) is 6.07 Å². The number of rotatable bonds is 6. The summed E-state index contributed by atoms with van der Waals surface area (Å²) in [4.78, 5) is 32.4. The molecule has 0 fully saturated rings. The number of hydrogen-bond donors (Lipinski definition) is 1. The van der Waals surface area contributed by atoms with Crippen molar-refractivity contribution in [1.82, 2.24) is 19.9 Å². The zero-order chi connectivity index (χ0) is 20.3. The van der Waals surface area contributed by atoms with E-state index in [1.54, 1.807) is 17.7 Å². The van der Waals surface area contributed by atoms with Crippen LogP contribution in [0.4, 0.5) is 13.2 Å².